The van der Waals surface area contributed by atoms with Crippen molar-refractivity contribution < 1.29 is 14.5 Å². The van der Waals surface area contributed by atoms with Crippen LogP contribution in [0.5, 0.6) is 5.75 Å². The van der Waals surface area contributed by atoms with Crippen molar-refractivity contribution in [2.45, 2.75) is 19.3 Å². The van der Waals surface area contributed by atoms with Gasteiger partial charge in [-0.05, 0) is 43.0 Å². The van der Waals surface area contributed by atoms with Crippen molar-refractivity contribution in [2.24, 2.45) is 0 Å². The molecule has 0 bridgehead atoms. The number of nitro benzene ring substituents is 1. The fourth-order valence-corrected chi connectivity index (χ4v) is 3.36. The summed E-state index contributed by atoms with van der Waals surface area (Å²) in [4.78, 5) is 25.5. The quantitative estimate of drug-likeness (QED) is 0.598. The summed E-state index contributed by atoms with van der Waals surface area (Å²) in [6.45, 7) is 2.04. The van der Waals surface area contributed by atoms with Crippen LogP contribution < -0.4 is 15.0 Å². The van der Waals surface area contributed by atoms with Crippen molar-refractivity contribution in [1.29, 1.82) is 0 Å². The summed E-state index contributed by atoms with van der Waals surface area (Å²) >= 11 is 0. The second-order valence-electron chi connectivity index (χ2n) is 6.47. The number of carbonyl (C=O) groups is 1. The Morgan fingerprint density at radius 1 is 1.22 bits per heavy atom. The van der Waals surface area contributed by atoms with Gasteiger partial charge in [0.15, 0.2) is 0 Å². The Kier molecular flexibility index (Phi) is 5.90. The van der Waals surface area contributed by atoms with Gasteiger partial charge in [-0.15, -0.1) is 0 Å². The highest BCUT2D eigenvalue weighted by Crippen LogP contribution is 2.31. The van der Waals surface area contributed by atoms with Gasteiger partial charge in [-0.25, -0.2) is 0 Å². The molecule has 1 fully saturated rings. The largest absolute Gasteiger partial charge is 0.496 e. The number of para-hydroxylation sites is 1. The normalized spacial score (nSPS) is 13.4. The third kappa shape index (κ3) is 4.36. The number of ether oxygens (including phenoxy) is 1. The summed E-state index contributed by atoms with van der Waals surface area (Å²) in [6, 6.07) is 12.3. The van der Waals surface area contributed by atoms with Gasteiger partial charge >= 0.3 is 0 Å². The smallest absolute Gasteiger partial charge is 0.293 e. The zero-order valence-corrected chi connectivity index (χ0v) is 15.3. The lowest BCUT2D eigenvalue weighted by Gasteiger charge is -2.17. The van der Waals surface area contributed by atoms with Crippen LogP contribution in [0, 0.1) is 10.1 Å². The zero-order valence-electron chi connectivity index (χ0n) is 15.3. The number of rotatable bonds is 7. The molecular formula is C20H23N3O4. The molecule has 1 aliphatic heterocycles. The molecule has 0 spiro atoms. The molecule has 27 heavy (non-hydrogen) atoms. The molecule has 1 aliphatic rings. The molecule has 0 atom stereocenters. The van der Waals surface area contributed by atoms with Gasteiger partial charge in [-0.2, -0.15) is 0 Å². The molecule has 0 radical (unpaired) electrons. The fraction of sp³-hybridized carbons (Fsp3) is 0.350. The minimum Gasteiger partial charge on any atom is -0.496 e. The van der Waals surface area contributed by atoms with Gasteiger partial charge < -0.3 is 15.0 Å². The molecule has 0 aliphatic carbocycles. The van der Waals surface area contributed by atoms with Gasteiger partial charge in [0.05, 0.1) is 12.0 Å². The molecule has 0 aromatic heterocycles. The molecule has 2 aromatic rings. The molecule has 0 unspecified atom stereocenters. The standard InChI is InChI=1S/C20H23N3O4/c1-27-19-7-3-2-6-15(19)10-11-21-20(24)16-8-9-17(18(14-16)23(25)26)22-12-4-5-13-22/h2-3,6-9,14H,4-5,10-13H2,1H3,(H,21,24). The van der Waals surface area contributed by atoms with Crippen molar-refractivity contribution >= 4 is 17.3 Å². The summed E-state index contributed by atoms with van der Waals surface area (Å²) < 4.78 is 5.30. The fourth-order valence-electron chi connectivity index (χ4n) is 3.36. The van der Waals surface area contributed by atoms with Crippen LogP contribution in [-0.4, -0.2) is 37.6 Å². The molecule has 0 saturated carbocycles. The lowest BCUT2D eigenvalue weighted by Crippen LogP contribution is -2.26. The molecule has 1 N–H and O–H groups in total. The summed E-state index contributed by atoms with van der Waals surface area (Å²) in [5.41, 5.74) is 1.86. The topological polar surface area (TPSA) is 84.7 Å². The van der Waals surface area contributed by atoms with Gasteiger partial charge in [0.1, 0.15) is 11.4 Å². The SMILES string of the molecule is COc1ccccc1CCNC(=O)c1ccc(N2CCCC2)c([N+](=O)[O-])c1. The van der Waals surface area contributed by atoms with Crippen LogP contribution in [0.4, 0.5) is 11.4 Å². The Morgan fingerprint density at radius 3 is 2.67 bits per heavy atom. The molecule has 2 aromatic carbocycles. The maximum atomic E-state index is 12.4. The van der Waals surface area contributed by atoms with Crippen LogP contribution in [0.3, 0.4) is 0 Å². The zero-order chi connectivity index (χ0) is 19.2. The van der Waals surface area contributed by atoms with Crippen LogP contribution in [0.1, 0.15) is 28.8 Å². The van der Waals surface area contributed by atoms with Crippen LogP contribution >= 0.6 is 0 Å². The van der Waals surface area contributed by atoms with Gasteiger partial charge in [-0.1, -0.05) is 18.2 Å². The monoisotopic (exact) mass is 369 g/mol. The first-order valence-electron chi connectivity index (χ1n) is 9.03. The maximum Gasteiger partial charge on any atom is 0.293 e. The van der Waals surface area contributed by atoms with Crippen molar-refractivity contribution in [3.8, 4) is 5.75 Å². The van der Waals surface area contributed by atoms with E-state index in [-0.39, 0.29) is 11.6 Å². The lowest BCUT2D eigenvalue weighted by atomic mass is 10.1. The lowest BCUT2D eigenvalue weighted by molar-refractivity contribution is -0.384. The average molecular weight is 369 g/mol. The van der Waals surface area contributed by atoms with Crippen LogP contribution in [0.2, 0.25) is 0 Å². The molecule has 7 heteroatoms. The van der Waals surface area contributed by atoms with E-state index in [1.165, 1.54) is 6.07 Å². The number of carbonyl (C=O) groups excluding carboxylic acids is 1. The molecule has 3 rings (SSSR count). The Balaban J connectivity index is 1.67. The minimum atomic E-state index is -0.417. The number of nitro groups is 1. The molecule has 1 heterocycles. The third-order valence-corrected chi connectivity index (χ3v) is 4.75. The molecule has 142 valence electrons. The predicted molar refractivity (Wildman–Crippen MR) is 104 cm³/mol. The average Bonchev–Trinajstić information content (AvgIpc) is 3.22. The van der Waals surface area contributed by atoms with Gasteiger partial charge in [0.25, 0.3) is 11.6 Å². The van der Waals surface area contributed by atoms with Crippen molar-refractivity contribution in [1.82, 2.24) is 5.32 Å². The first kappa shape index (κ1) is 18.7. The second-order valence-corrected chi connectivity index (χ2v) is 6.47. The Bertz CT molecular complexity index is 832. The Labute approximate surface area is 158 Å². The number of hydrogen-bond donors (Lipinski definition) is 1. The Morgan fingerprint density at radius 2 is 1.96 bits per heavy atom. The van der Waals surface area contributed by atoms with Crippen molar-refractivity contribution in [3.05, 3.63) is 63.7 Å². The van der Waals surface area contributed by atoms with E-state index < -0.39 is 4.92 Å². The number of benzene rings is 2. The summed E-state index contributed by atoms with van der Waals surface area (Å²) in [5, 5.41) is 14.3. The van der Waals surface area contributed by atoms with E-state index >= 15 is 0 Å². The van der Waals surface area contributed by atoms with Crippen molar-refractivity contribution in [2.75, 3.05) is 31.6 Å². The number of nitrogens with zero attached hydrogens (tertiary/aromatic N) is 2. The van der Waals surface area contributed by atoms with E-state index in [0.29, 0.717) is 24.2 Å². The summed E-state index contributed by atoms with van der Waals surface area (Å²) in [6.07, 6.45) is 2.67. The van der Waals surface area contributed by atoms with Crippen molar-refractivity contribution in [3.63, 3.8) is 0 Å². The number of nitrogens with one attached hydrogen (secondary N) is 1. The van der Waals surface area contributed by atoms with Gasteiger partial charge in [0.2, 0.25) is 0 Å². The maximum absolute atomic E-state index is 12.4. The number of amides is 1. The molecule has 1 amide bonds. The Hall–Kier alpha value is -3.09. The number of hydrogen-bond acceptors (Lipinski definition) is 5. The van der Waals surface area contributed by atoms with Gasteiger partial charge in [-0.3, -0.25) is 14.9 Å². The van der Waals surface area contributed by atoms with Gasteiger partial charge in [0, 0.05) is 31.3 Å². The highest BCUT2D eigenvalue weighted by molar-refractivity contribution is 5.95. The number of anilines is 1. The van der Waals surface area contributed by atoms with E-state index in [9.17, 15) is 14.9 Å². The first-order chi connectivity index (χ1) is 13.1. The summed E-state index contributed by atoms with van der Waals surface area (Å²) in [7, 11) is 1.61. The second kappa shape index (κ2) is 8.53. The van der Waals surface area contributed by atoms with E-state index in [1.54, 1.807) is 19.2 Å². The molecule has 7 nitrogen and oxygen atoms in total. The molecule has 1 saturated heterocycles. The number of methoxy groups -OCH3 is 1. The minimum absolute atomic E-state index is 0.0192. The summed E-state index contributed by atoms with van der Waals surface area (Å²) in [5.74, 6) is 0.457. The van der Waals surface area contributed by atoms with E-state index in [2.05, 4.69) is 5.32 Å². The van der Waals surface area contributed by atoms with E-state index in [4.69, 9.17) is 4.74 Å². The predicted octanol–water partition coefficient (Wildman–Crippen LogP) is 3.18. The van der Waals surface area contributed by atoms with E-state index in [1.807, 2.05) is 29.2 Å². The molecular weight excluding hydrogens is 346 g/mol. The first-order valence-corrected chi connectivity index (χ1v) is 9.03. The third-order valence-electron chi connectivity index (χ3n) is 4.75. The highest BCUT2D eigenvalue weighted by atomic mass is 16.6. The van der Waals surface area contributed by atoms with Crippen LogP contribution in [-0.2, 0) is 6.42 Å². The van der Waals surface area contributed by atoms with Crippen LogP contribution in [0.15, 0.2) is 42.5 Å². The van der Waals surface area contributed by atoms with E-state index in [0.717, 1.165) is 37.2 Å². The highest BCUT2D eigenvalue weighted by Gasteiger charge is 2.23. The van der Waals surface area contributed by atoms with Crippen LogP contribution in [0.25, 0.3) is 0 Å².